The summed E-state index contributed by atoms with van der Waals surface area (Å²) in [4.78, 5) is 14.8. The van der Waals surface area contributed by atoms with E-state index in [9.17, 15) is 4.79 Å². The zero-order chi connectivity index (χ0) is 17.5. The fraction of sp³-hybridized carbons (Fsp3) is 0.650. The topological polar surface area (TPSA) is 53.6 Å². The summed E-state index contributed by atoms with van der Waals surface area (Å²) < 4.78 is 5.53. The standard InChI is InChI=1S/C20H31N3O2/c1-16-19(21-10-13-25-16)20(24)22-14-17-6-8-18(9-7-17)15-23-11-4-2-3-5-12-23/h6-9,16,19,21H,2-5,10-15H2,1H3,(H,22,24)/t16-,19+/m1/s1. The van der Waals surface area contributed by atoms with Crippen LogP contribution in [0, 0.1) is 0 Å². The fourth-order valence-corrected chi connectivity index (χ4v) is 3.64. The van der Waals surface area contributed by atoms with Crippen LogP contribution in [-0.2, 0) is 22.6 Å². The van der Waals surface area contributed by atoms with E-state index in [1.54, 1.807) is 0 Å². The van der Waals surface area contributed by atoms with Gasteiger partial charge in [-0.1, -0.05) is 37.1 Å². The molecule has 0 aromatic heterocycles. The molecule has 2 atom stereocenters. The Morgan fingerprint density at radius 1 is 1.16 bits per heavy atom. The Labute approximate surface area is 151 Å². The van der Waals surface area contributed by atoms with Crippen LogP contribution in [0.4, 0.5) is 0 Å². The van der Waals surface area contributed by atoms with Crippen LogP contribution in [0.1, 0.15) is 43.7 Å². The fourth-order valence-electron chi connectivity index (χ4n) is 3.64. The second kappa shape index (κ2) is 9.32. The van der Waals surface area contributed by atoms with E-state index in [1.165, 1.54) is 44.3 Å². The number of nitrogens with zero attached hydrogens (tertiary/aromatic N) is 1. The molecule has 2 N–H and O–H groups in total. The van der Waals surface area contributed by atoms with Crippen molar-refractivity contribution in [3.05, 3.63) is 35.4 Å². The summed E-state index contributed by atoms with van der Waals surface area (Å²) in [5, 5.41) is 6.24. The molecule has 0 saturated carbocycles. The van der Waals surface area contributed by atoms with Gasteiger partial charge in [-0.25, -0.2) is 0 Å². The number of amides is 1. The van der Waals surface area contributed by atoms with Crippen LogP contribution < -0.4 is 10.6 Å². The van der Waals surface area contributed by atoms with E-state index >= 15 is 0 Å². The first-order valence-corrected chi connectivity index (χ1v) is 9.65. The minimum absolute atomic E-state index is 0.0147. The molecule has 2 aliphatic rings. The highest BCUT2D eigenvalue weighted by atomic mass is 16.5. The number of hydrogen-bond donors (Lipinski definition) is 2. The van der Waals surface area contributed by atoms with Crippen molar-refractivity contribution in [1.29, 1.82) is 0 Å². The van der Waals surface area contributed by atoms with E-state index in [2.05, 4.69) is 39.8 Å². The zero-order valence-corrected chi connectivity index (χ0v) is 15.3. The van der Waals surface area contributed by atoms with E-state index in [0.29, 0.717) is 13.2 Å². The third-order valence-corrected chi connectivity index (χ3v) is 5.19. The Bertz CT molecular complexity index is 538. The molecule has 25 heavy (non-hydrogen) atoms. The van der Waals surface area contributed by atoms with Crippen LogP contribution in [0.25, 0.3) is 0 Å². The van der Waals surface area contributed by atoms with Crippen LogP contribution in [0.15, 0.2) is 24.3 Å². The lowest BCUT2D eigenvalue weighted by molar-refractivity contribution is -0.129. The van der Waals surface area contributed by atoms with Crippen molar-refractivity contribution in [2.45, 2.75) is 57.8 Å². The maximum Gasteiger partial charge on any atom is 0.240 e. The Kier molecular flexibility index (Phi) is 6.84. The summed E-state index contributed by atoms with van der Waals surface area (Å²) in [6, 6.07) is 8.38. The van der Waals surface area contributed by atoms with Gasteiger partial charge in [-0.15, -0.1) is 0 Å². The van der Waals surface area contributed by atoms with Crippen molar-refractivity contribution < 1.29 is 9.53 Å². The number of carbonyl (C=O) groups excluding carboxylic acids is 1. The molecule has 0 bridgehead atoms. The molecule has 2 heterocycles. The SMILES string of the molecule is C[C@H]1OCCN[C@@H]1C(=O)NCc1ccc(CN2CCCCCC2)cc1. The van der Waals surface area contributed by atoms with Crippen molar-refractivity contribution in [2.75, 3.05) is 26.2 Å². The first kappa shape index (κ1) is 18.4. The van der Waals surface area contributed by atoms with Crippen LogP contribution in [0.2, 0.25) is 0 Å². The highest BCUT2D eigenvalue weighted by molar-refractivity contribution is 5.82. The minimum atomic E-state index is -0.254. The Hall–Kier alpha value is -1.43. The summed E-state index contributed by atoms with van der Waals surface area (Å²) in [6.45, 7) is 7.37. The molecule has 1 amide bonds. The van der Waals surface area contributed by atoms with Crippen molar-refractivity contribution in [1.82, 2.24) is 15.5 Å². The molecule has 3 rings (SSSR count). The van der Waals surface area contributed by atoms with Gasteiger partial charge in [-0.05, 0) is 44.0 Å². The summed E-state index contributed by atoms with van der Waals surface area (Å²) in [6.07, 6.45) is 5.30. The average molecular weight is 345 g/mol. The van der Waals surface area contributed by atoms with Crippen LogP contribution >= 0.6 is 0 Å². The molecule has 0 aliphatic carbocycles. The molecule has 5 heteroatoms. The summed E-state index contributed by atoms with van der Waals surface area (Å²) in [5.41, 5.74) is 2.49. The Morgan fingerprint density at radius 2 is 1.84 bits per heavy atom. The smallest absolute Gasteiger partial charge is 0.240 e. The number of morpholine rings is 1. The number of rotatable bonds is 5. The highest BCUT2D eigenvalue weighted by Gasteiger charge is 2.27. The van der Waals surface area contributed by atoms with Gasteiger partial charge in [0.1, 0.15) is 6.04 Å². The molecule has 1 aromatic carbocycles. The predicted molar refractivity (Wildman–Crippen MR) is 99.2 cm³/mol. The molecule has 2 aliphatic heterocycles. The van der Waals surface area contributed by atoms with Gasteiger partial charge < -0.3 is 15.4 Å². The van der Waals surface area contributed by atoms with E-state index in [1.807, 2.05) is 6.92 Å². The van der Waals surface area contributed by atoms with Crippen molar-refractivity contribution in [3.63, 3.8) is 0 Å². The summed E-state index contributed by atoms with van der Waals surface area (Å²) in [5.74, 6) is 0.0147. The van der Waals surface area contributed by atoms with Gasteiger partial charge in [-0.3, -0.25) is 9.69 Å². The highest BCUT2D eigenvalue weighted by Crippen LogP contribution is 2.14. The molecular weight excluding hydrogens is 314 g/mol. The van der Waals surface area contributed by atoms with Crippen LogP contribution in [0.5, 0.6) is 0 Å². The zero-order valence-electron chi connectivity index (χ0n) is 15.3. The first-order valence-electron chi connectivity index (χ1n) is 9.65. The molecule has 0 unspecified atom stereocenters. The van der Waals surface area contributed by atoms with E-state index in [4.69, 9.17) is 4.74 Å². The Balaban J connectivity index is 1.46. The number of likely N-dealkylation sites (tertiary alicyclic amines) is 1. The van der Waals surface area contributed by atoms with E-state index in [-0.39, 0.29) is 18.1 Å². The number of ether oxygens (including phenoxy) is 1. The normalized spacial score (nSPS) is 25.3. The lowest BCUT2D eigenvalue weighted by Crippen LogP contribution is -2.55. The van der Waals surface area contributed by atoms with E-state index < -0.39 is 0 Å². The van der Waals surface area contributed by atoms with Gasteiger partial charge in [0.15, 0.2) is 0 Å². The number of nitrogens with one attached hydrogen (secondary N) is 2. The molecule has 0 spiro atoms. The lowest BCUT2D eigenvalue weighted by atomic mass is 10.1. The van der Waals surface area contributed by atoms with Crippen LogP contribution in [0.3, 0.4) is 0 Å². The van der Waals surface area contributed by atoms with Crippen molar-refractivity contribution in [2.24, 2.45) is 0 Å². The third-order valence-electron chi connectivity index (χ3n) is 5.19. The maximum absolute atomic E-state index is 12.3. The molecule has 5 nitrogen and oxygen atoms in total. The largest absolute Gasteiger partial charge is 0.375 e. The molecule has 1 aromatic rings. The number of hydrogen-bond acceptors (Lipinski definition) is 4. The molecule has 0 radical (unpaired) electrons. The van der Waals surface area contributed by atoms with Gasteiger partial charge in [-0.2, -0.15) is 0 Å². The number of carbonyl (C=O) groups is 1. The Morgan fingerprint density at radius 3 is 2.52 bits per heavy atom. The van der Waals surface area contributed by atoms with Gasteiger partial charge in [0, 0.05) is 19.6 Å². The van der Waals surface area contributed by atoms with Gasteiger partial charge >= 0.3 is 0 Å². The molecular formula is C20H31N3O2. The maximum atomic E-state index is 12.3. The minimum Gasteiger partial charge on any atom is -0.375 e. The van der Waals surface area contributed by atoms with Gasteiger partial charge in [0.25, 0.3) is 0 Å². The molecule has 2 fully saturated rings. The predicted octanol–water partition coefficient (Wildman–Crippen LogP) is 2.06. The van der Waals surface area contributed by atoms with Gasteiger partial charge in [0.2, 0.25) is 5.91 Å². The molecule has 138 valence electrons. The van der Waals surface area contributed by atoms with E-state index in [0.717, 1.165) is 18.7 Å². The lowest BCUT2D eigenvalue weighted by Gasteiger charge is -2.29. The second-order valence-corrected chi connectivity index (χ2v) is 7.23. The summed E-state index contributed by atoms with van der Waals surface area (Å²) in [7, 11) is 0. The quantitative estimate of drug-likeness (QED) is 0.858. The molecule has 2 saturated heterocycles. The average Bonchev–Trinajstić information content (AvgIpc) is 2.90. The summed E-state index contributed by atoms with van der Waals surface area (Å²) >= 11 is 0. The van der Waals surface area contributed by atoms with Crippen molar-refractivity contribution in [3.8, 4) is 0 Å². The van der Waals surface area contributed by atoms with Crippen LogP contribution in [-0.4, -0.2) is 49.2 Å². The van der Waals surface area contributed by atoms with Gasteiger partial charge in [0.05, 0.1) is 12.7 Å². The monoisotopic (exact) mass is 345 g/mol. The van der Waals surface area contributed by atoms with Crippen molar-refractivity contribution >= 4 is 5.91 Å². The second-order valence-electron chi connectivity index (χ2n) is 7.23. The number of benzene rings is 1. The first-order chi connectivity index (χ1) is 12.2. The third kappa shape index (κ3) is 5.53.